The van der Waals surface area contributed by atoms with Gasteiger partial charge in [-0.05, 0) is 56.0 Å². The lowest BCUT2D eigenvalue weighted by Crippen LogP contribution is -2.53. The van der Waals surface area contributed by atoms with Gasteiger partial charge in [0.1, 0.15) is 18.3 Å². The second kappa shape index (κ2) is 12.6. The van der Waals surface area contributed by atoms with Crippen LogP contribution in [0.4, 0.5) is 5.69 Å². The van der Waals surface area contributed by atoms with Gasteiger partial charge >= 0.3 is 0 Å². The zero-order valence-electron chi connectivity index (χ0n) is 21.4. The number of nitrogens with zero attached hydrogens (tertiary/aromatic N) is 2. The van der Waals surface area contributed by atoms with Gasteiger partial charge in [-0.3, -0.25) is 13.9 Å². The number of methoxy groups -OCH3 is 1. The predicted molar refractivity (Wildman–Crippen MR) is 139 cm³/mol. The van der Waals surface area contributed by atoms with Crippen molar-refractivity contribution in [2.75, 3.05) is 24.2 Å². The molecule has 0 radical (unpaired) electrons. The number of anilines is 1. The van der Waals surface area contributed by atoms with E-state index < -0.39 is 28.5 Å². The van der Waals surface area contributed by atoms with E-state index in [0.29, 0.717) is 24.3 Å². The molecule has 1 N–H and O–H groups in total. The van der Waals surface area contributed by atoms with Gasteiger partial charge in [0.25, 0.3) is 0 Å². The second-order valence-electron chi connectivity index (χ2n) is 8.71. The average Bonchev–Trinajstić information content (AvgIpc) is 2.81. The summed E-state index contributed by atoms with van der Waals surface area (Å²) in [5.41, 5.74) is 2.05. The zero-order chi connectivity index (χ0) is 26.2. The summed E-state index contributed by atoms with van der Waals surface area (Å²) in [6, 6.07) is 13.5. The summed E-state index contributed by atoms with van der Waals surface area (Å²) in [7, 11) is -2.21. The van der Waals surface area contributed by atoms with Crippen LogP contribution >= 0.6 is 0 Å². The number of nitrogens with one attached hydrogen (secondary N) is 1. The summed E-state index contributed by atoms with van der Waals surface area (Å²) in [5, 5.41) is 2.88. The second-order valence-corrected chi connectivity index (χ2v) is 10.6. The van der Waals surface area contributed by atoms with E-state index >= 15 is 0 Å². The maximum absolute atomic E-state index is 13.7. The summed E-state index contributed by atoms with van der Waals surface area (Å²) in [6.45, 7) is 7.19. The first-order valence-electron chi connectivity index (χ1n) is 11.8. The molecule has 1 atom stereocenters. The van der Waals surface area contributed by atoms with Crippen LogP contribution in [-0.2, 0) is 32.6 Å². The number of para-hydroxylation sites is 1. The Morgan fingerprint density at radius 3 is 2.31 bits per heavy atom. The van der Waals surface area contributed by atoms with Crippen LogP contribution < -0.4 is 14.4 Å². The van der Waals surface area contributed by atoms with Gasteiger partial charge in [0, 0.05) is 12.6 Å². The van der Waals surface area contributed by atoms with Crippen molar-refractivity contribution in [1.29, 1.82) is 0 Å². The topological polar surface area (TPSA) is 96.0 Å². The number of rotatable bonds is 12. The highest BCUT2D eigenvalue weighted by Gasteiger charge is 2.32. The van der Waals surface area contributed by atoms with Crippen LogP contribution in [0, 0.1) is 0 Å². The van der Waals surface area contributed by atoms with Crippen LogP contribution in [0.3, 0.4) is 0 Å². The number of hydrogen-bond acceptors (Lipinski definition) is 5. The monoisotopic (exact) mass is 503 g/mol. The number of aryl methyl sites for hydroxylation is 1. The Labute approximate surface area is 209 Å². The molecule has 2 rings (SSSR count). The molecule has 0 unspecified atom stereocenters. The fraction of sp³-hybridized carbons (Fsp3) is 0.462. The van der Waals surface area contributed by atoms with Crippen molar-refractivity contribution in [3.8, 4) is 5.75 Å². The molecule has 0 bridgehead atoms. The lowest BCUT2D eigenvalue weighted by Gasteiger charge is -2.33. The van der Waals surface area contributed by atoms with Crippen LogP contribution in [0.2, 0.25) is 0 Å². The molecule has 0 heterocycles. The SMILES string of the molecule is CCc1ccccc1N(CC(=O)N(Cc1cccc(OC)c1)[C@@H](CC)C(=O)NC(C)C)S(C)(=O)=O. The zero-order valence-corrected chi connectivity index (χ0v) is 22.3. The number of hydrogen-bond donors (Lipinski definition) is 1. The molecule has 0 aromatic heterocycles. The molecule has 0 spiro atoms. The van der Waals surface area contributed by atoms with Crippen LogP contribution in [0.25, 0.3) is 0 Å². The Morgan fingerprint density at radius 2 is 1.74 bits per heavy atom. The quantitative estimate of drug-likeness (QED) is 0.479. The molecule has 2 amide bonds. The van der Waals surface area contributed by atoms with Gasteiger partial charge < -0.3 is 15.0 Å². The smallest absolute Gasteiger partial charge is 0.244 e. The highest BCUT2D eigenvalue weighted by atomic mass is 32.2. The summed E-state index contributed by atoms with van der Waals surface area (Å²) < 4.78 is 32.0. The van der Waals surface area contributed by atoms with Gasteiger partial charge in [-0.2, -0.15) is 0 Å². The minimum Gasteiger partial charge on any atom is -0.497 e. The number of amides is 2. The average molecular weight is 504 g/mol. The Balaban J connectivity index is 2.49. The van der Waals surface area contributed by atoms with E-state index in [-0.39, 0.29) is 18.5 Å². The van der Waals surface area contributed by atoms with Gasteiger partial charge in [-0.1, -0.05) is 44.2 Å². The first-order chi connectivity index (χ1) is 16.5. The summed E-state index contributed by atoms with van der Waals surface area (Å²) in [6.07, 6.45) is 2.07. The molecule has 35 heavy (non-hydrogen) atoms. The van der Waals surface area contributed by atoms with E-state index in [2.05, 4.69) is 5.32 Å². The van der Waals surface area contributed by atoms with Crippen LogP contribution in [0.15, 0.2) is 48.5 Å². The lowest BCUT2D eigenvalue weighted by molar-refractivity contribution is -0.140. The number of sulfonamides is 1. The van der Waals surface area contributed by atoms with E-state index in [4.69, 9.17) is 4.74 Å². The lowest BCUT2D eigenvalue weighted by atomic mass is 10.1. The van der Waals surface area contributed by atoms with Crippen molar-refractivity contribution in [2.45, 2.75) is 59.2 Å². The summed E-state index contributed by atoms with van der Waals surface area (Å²) in [4.78, 5) is 28.2. The molecule has 0 saturated heterocycles. The molecule has 2 aromatic rings. The van der Waals surface area contributed by atoms with E-state index in [1.54, 1.807) is 31.4 Å². The third-order valence-electron chi connectivity index (χ3n) is 5.62. The minimum atomic E-state index is -3.77. The van der Waals surface area contributed by atoms with Gasteiger partial charge in [-0.15, -0.1) is 0 Å². The van der Waals surface area contributed by atoms with Gasteiger partial charge in [0.2, 0.25) is 21.8 Å². The first-order valence-corrected chi connectivity index (χ1v) is 13.6. The molecule has 0 aliphatic carbocycles. The van der Waals surface area contributed by atoms with Gasteiger partial charge in [0.05, 0.1) is 19.1 Å². The standard InChI is InChI=1S/C26H37N3O5S/c1-7-21-13-9-10-15-24(21)29(35(6,32)33)18-25(30)28(23(8-2)26(31)27-19(3)4)17-20-12-11-14-22(16-20)34-5/h9-16,19,23H,7-8,17-18H2,1-6H3,(H,27,31)/t23-/m0/s1. The molecular formula is C26H37N3O5S. The van der Waals surface area contributed by atoms with Crippen molar-refractivity contribution in [3.05, 3.63) is 59.7 Å². The van der Waals surface area contributed by atoms with Crippen molar-refractivity contribution in [1.82, 2.24) is 10.2 Å². The van der Waals surface area contributed by atoms with Crippen molar-refractivity contribution in [3.63, 3.8) is 0 Å². The molecule has 0 aliphatic heterocycles. The minimum absolute atomic E-state index is 0.103. The highest BCUT2D eigenvalue weighted by Crippen LogP contribution is 2.24. The molecule has 192 valence electrons. The fourth-order valence-electron chi connectivity index (χ4n) is 3.92. The van der Waals surface area contributed by atoms with E-state index in [9.17, 15) is 18.0 Å². The largest absolute Gasteiger partial charge is 0.497 e. The van der Waals surface area contributed by atoms with E-state index in [0.717, 1.165) is 21.7 Å². The molecule has 0 saturated carbocycles. The van der Waals surface area contributed by atoms with E-state index in [1.165, 1.54) is 4.90 Å². The molecular weight excluding hydrogens is 466 g/mol. The van der Waals surface area contributed by atoms with Crippen LogP contribution in [0.1, 0.15) is 45.2 Å². The fourth-order valence-corrected chi connectivity index (χ4v) is 4.80. The number of carbonyl (C=O) groups is 2. The maximum Gasteiger partial charge on any atom is 0.244 e. The number of ether oxygens (including phenoxy) is 1. The van der Waals surface area contributed by atoms with Crippen molar-refractivity contribution < 1.29 is 22.7 Å². The maximum atomic E-state index is 13.7. The van der Waals surface area contributed by atoms with Gasteiger partial charge in [-0.25, -0.2) is 8.42 Å². The van der Waals surface area contributed by atoms with Crippen molar-refractivity contribution >= 4 is 27.5 Å². The van der Waals surface area contributed by atoms with Crippen molar-refractivity contribution in [2.24, 2.45) is 0 Å². The normalized spacial score (nSPS) is 12.2. The number of benzene rings is 2. The Hall–Kier alpha value is -3.07. The number of carbonyl (C=O) groups excluding carboxylic acids is 2. The molecule has 9 heteroatoms. The third kappa shape index (κ3) is 7.71. The third-order valence-corrected chi connectivity index (χ3v) is 6.75. The molecule has 2 aromatic carbocycles. The Bertz CT molecular complexity index is 1120. The van der Waals surface area contributed by atoms with E-state index in [1.807, 2.05) is 52.0 Å². The highest BCUT2D eigenvalue weighted by molar-refractivity contribution is 7.92. The first kappa shape index (κ1) is 28.2. The Kier molecular flexibility index (Phi) is 10.1. The molecule has 8 nitrogen and oxygen atoms in total. The molecule has 0 fully saturated rings. The predicted octanol–water partition coefficient (Wildman–Crippen LogP) is 3.36. The van der Waals surface area contributed by atoms with Gasteiger partial charge in [0.15, 0.2) is 0 Å². The van der Waals surface area contributed by atoms with Crippen LogP contribution in [0.5, 0.6) is 5.75 Å². The summed E-state index contributed by atoms with van der Waals surface area (Å²) in [5.74, 6) is -0.113. The molecule has 0 aliphatic rings. The van der Waals surface area contributed by atoms with Crippen LogP contribution in [-0.4, -0.2) is 57.1 Å². The summed E-state index contributed by atoms with van der Waals surface area (Å²) >= 11 is 0. The Morgan fingerprint density at radius 1 is 1.06 bits per heavy atom.